The summed E-state index contributed by atoms with van der Waals surface area (Å²) in [5, 5.41) is 8.38. The Labute approximate surface area is 105 Å². The van der Waals surface area contributed by atoms with Gasteiger partial charge in [0.25, 0.3) is 5.56 Å². The average molecular weight is 272 g/mol. The molecule has 1 aromatic heterocycles. The number of anilines is 1. The maximum absolute atomic E-state index is 11.9. The molecule has 1 fully saturated rings. The Hall–Kier alpha value is -1.41. The van der Waals surface area contributed by atoms with Gasteiger partial charge in [0.2, 0.25) is 10.0 Å². The SMILES string of the molecule is CC(CNC1CC1)S(=O)(=O)Nc1ccc(=O)[nH]n1. The fraction of sp³-hybridized carbons (Fsp3) is 0.600. The Balaban J connectivity index is 1.96. The molecule has 8 heteroatoms. The first-order valence-electron chi connectivity index (χ1n) is 5.78. The summed E-state index contributed by atoms with van der Waals surface area (Å²) in [6, 6.07) is 3.02. The normalized spacial score (nSPS) is 17.4. The Morgan fingerprint density at radius 1 is 1.50 bits per heavy atom. The lowest BCUT2D eigenvalue weighted by Gasteiger charge is -2.14. The van der Waals surface area contributed by atoms with Gasteiger partial charge in [-0.1, -0.05) is 0 Å². The van der Waals surface area contributed by atoms with Crippen molar-refractivity contribution in [3.8, 4) is 0 Å². The van der Waals surface area contributed by atoms with Gasteiger partial charge in [-0.05, 0) is 25.8 Å². The summed E-state index contributed by atoms with van der Waals surface area (Å²) in [5.41, 5.74) is -0.374. The van der Waals surface area contributed by atoms with E-state index in [1.165, 1.54) is 12.1 Å². The molecule has 0 aromatic carbocycles. The van der Waals surface area contributed by atoms with Crippen molar-refractivity contribution in [2.24, 2.45) is 0 Å². The maximum atomic E-state index is 11.9. The Kier molecular flexibility index (Phi) is 3.67. The first kappa shape index (κ1) is 13.0. The van der Waals surface area contributed by atoms with E-state index < -0.39 is 15.3 Å². The molecule has 3 N–H and O–H groups in total. The molecule has 0 radical (unpaired) electrons. The third kappa shape index (κ3) is 3.54. The van der Waals surface area contributed by atoms with E-state index in [9.17, 15) is 13.2 Å². The molecule has 0 amide bonds. The molecule has 2 rings (SSSR count). The number of hydrogen-bond donors (Lipinski definition) is 3. The average Bonchev–Trinajstić information content (AvgIpc) is 3.12. The summed E-state index contributed by atoms with van der Waals surface area (Å²) in [6.45, 7) is 2.03. The van der Waals surface area contributed by atoms with E-state index in [1.807, 2.05) is 0 Å². The van der Waals surface area contributed by atoms with Crippen LogP contribution >= 0.6 is 0 Å². The molecule has 0 aliphatic heterocycles. The summed E-state index contributed by atoms with van der Waals surface area (Å²) in [4.78, 5) is 10.8. The fourth-order valence-corrected chi connectivity index (χ4v) is 2.30. The Bertz CT molecular complexity index is 544. The van der Waals surface area contributed by atoms with Crippen LogP contribution in [0.25, 0.3) is 0 Å². The van der Waals surface area contributed by atoms with Crippen LogP contribution in [0.3, 0.4) is 0 Å². The molecule has 0 spiro atoms. The van der Waals surface area contributed by atoms with Crippen molar-refractivity contribution >= 4 is 15.8 Å². The van der Waals surface area contributed by atoms with Gasteiger partial charge in [-0.2, -0.15) is 5.10 Å². The van der Waals surface area contributed by atoms with Gasteiger partial charge >= 0.3 is 0 Å². The highest BCUT2D eigenvalue weighted by atomic mass is 32.2. The Morgan fingerprint density at radius 2 is 2.22 bits per heavy atom. The smallest absolute Gasteiger partial charge is 0.264 e. The first-order chi connectivity index (χ1) is 8.47. The summed E-state index contributed by atoms with van der Waals surface area (Å²) in [6.07, 6.45) is 2.23. The lowest BCUT2D eigenvalue weighted by atomic mass is 10.4. The van der Waals surface area contributed by atoms with E-state index in [4.69, 9.17) is 0 Å². The zero-order valence-electron chi connectivity index (χ0n) is 10.0. The number of nitrogens with one attached hydrogen (secondary N) is 3. The zero-order chi connectivity index (χ0) is 13.2. The van der Waals surface area contributed by atoms with Crippen molar-refractivity contribution in [1.29, 1.82) is 0 Å². The Morgan fingerprint density at radius 3 is 2.78 bits per heavy atom. The minimum Gasteiger partial charge on any atom is -0.313 e. The molecule has 1 aliphatic carbocycles. The van der Waals surface area contributed by atoms with Crippen LogP contribution in [0.2, 0.25) is 0 Å². The van der Waals surface area contributed by atoms with Crippen LogP contribution in [0.4, 0.5) is 5.82 Å². The highest BCUT2D eigenvalue weighted by Crippen LogP contribution is 2.19. The van der Waals surface area contributed by atoms with Crippen LogP contribution in [-0.4, -0.2) is 36.5 Å². The standard InChI is InChI=1S/C10H16N4O3S/c1-7(6-11-8-2-3-8)18(16,17)14-9-4-5-10(15)13-12-9/h4-5,7-8,11H,2-3,6H2,1H3,(H,12,14)(H,13,15). The van der Waals surface area contributed by atoms with Crippen LogP contribution < -0.4 is 15.6 Å². The van der Waals surface area contributed by atoms with Gasteiger partial charge in [-0.25, -0.2) is 13.5 Å². The number of H-pyrrole nitrogens is 1. The maximum Gasteiger partial charge on any atom is 0.264 e. The quantitative estimate of drug-likeness (QED) is 0.657. The lowest BCUT2D eigenvalue weighted by molar-refractivity contribution is 0.575. The number of hydrogen-bond acceptors (Lipinski definition) is 5. The van der Waals surface area contributed by atoms with E-state index in [0.717, 1.165) is 12.8 Å². The number of sulfonamides is 1. The van der Waals surface area contributed by atoms with E-state index in [-0.39, 0.29) is 11.4 Å². The third-order valence-electron chi connectivity index (χ3n) is 2.73. The second kappa shape index (κ2) is 5.07. The number of nitrogens with zero attached hydrogens (tertiary/aromatic N) is 1. The molecular weight excluding hydrogens is 256 g/mol. The van der Waals surface area contributed by atoms with Crippen LogP contribution in [-0.2, 0) is 10.0 Å². The number of aromatic nitrogens is 2. The highest BCUT2D eigenvalue weighted by Gasteiger charge is 2.25. The van der Waals surface area contributed by atoms with Crippen LogP contribution in [0.15, 0.2) is 16.9 Å². The molecule has 18 heavy (non-hydrogen) atoms. The summed E-state index contributed by atoms with van der Waals surface area (Å²) >= 11 is 0. The largest absolute Gasteiger partial charge is 0.313 e. The predicted molar refractivity (Wildman–Crippen MR) is 67.9 cm³/mol. The minimum atomic E-state index is -3.49. The van der Waals surface area contributed by atoms with Gasteiger partial charge < -0.3 is 5.32 Å². The molecule has 0 bridgehead atoms. The van der Waals surface area contributed by atoms with Crippen LogP contribution in [0.5, 0.6) is 0 Å². The molecule has 1 unspecified atom stereocenters. The van der Waals surface area contributed by atoms with Crippen molar-refractivity contribution in [2.75, 3.05) is 11.3 Å². The number of rotatable bonds is 6. The second-order valence-electron chi connectivity index (χ2n) is 4.45. The van der Waals surface area contributed by atoms with Gasteiger partial charge in [0.15, 0.2) is 5.82 Å². The monoisotopic (exact) mass is 272 g/mol. The van der Waals surface area contributed by atoms with Crippen molar-refractivity contribution in [3.05, 3.63) is 22.5 Å². The van der Waals surface area contributed by atoms with Gasteiger partial charge in [-0.3, -0.25) is 9.52 Å². The molecule has 1 atom stereocenters. The van der Waals surface area contributed by atoms with Crippen molar-refractivity contribution in [2.45, 2.75) is 31.1 Å². The van der Waals surface area contributed by atoms with Gasteiger partial charge in [0.1, 0.15) is 0 Å². The first-order valence-corrected chi connectivity index (χ1v) is 7.33. The number of aromatic amines is 1. The molecule has 1 saturated carbocycles. The third-order valence-corrected chi connectivity index (χ3v) is 4.45. The topological polar surface area (TPSA) is 104 Å². The van der Waals surface area contributed by atoms with Gasteiger partial charge in [0.05, 0.1) is 5.25 Å². The molecule has 7 nitrogen and oxygen atoms in total. The minimum absolute atomic E-state index is 0.118. The zero-order valence-corrected chi connectivity index (χ0v) is 10.8. The van der Waals surface area contributed by atoms with E-state index >= 15 is 0 Å². The molecule has 1 heterocycles. The summed E-state index contributed by atoms with van der Waals surface area (Å²) in [5.74, 6) is 0.118. The highest BCUT2D eigenvalue weighted by molar-refractivity contribution is 7.93. The summed E-state index contributed by atoms with van der Waals surface area (Å²) in [7, 11) is -3.49. The van der Waals surface area contributed by atoms with E-state index in [1.54, 1.807) is 6.92 Å². The molecule has 0 saturated heterocycles. The molecule has 1 aromatic rings. The van der Waals surface area contributed by atoms with Gasteiger partial charge in [-0.15, -0.1) is 0 Å². The molecule has 100 valence electrons. The molecular formula is C10H16N4O3S. The van der Waals surface area contributed by atoms with E-state index in [0.29, 0.717) is 12.6 Å². The predicted octanol–water partition coefficient (Wildman–Crippen LogP) is -0.348. The van der Waals surface area contributed by atoms with Crippen LogP contribution in [0, 0.1) is 0 Å². The molecule has 1 aliphatic rings. The summed E-state index contributed by atoms with van der Waals surface area (Å²) < 4.78 is 26.2. The van der Waals surface area contributed by atoms with Crippen LogP contribution in [0.1, 0.15) is 19.8 Å². The van der Waals surface area contributed by atoms with Crippen molar-refractivity contribution in [3.63, 3.8) is 0 Å². The fourth-order valence-electron chi connectivity index (χ4n) is 1.38. The van der Waals surface area contributed by atoms with Gasteiger partial charge in [0, 0.05) is 18.7 Å². The second-order valence-corrected chi connectivity index (χ2v) is 6.55. The van der Waals surface area contributed by atoms with Crippen molar-refractivity contribution in [1.82, 2.24) is 15.5 Å². The lowest BCUT2D eigenvalue weighted by Crippen LogP contribution is -2.36. The van der Waals surface area contributed by atoms with Crippen molar-refractivity contribution < 1.29 is 8.42 Å². The van der Waals surface area contributed by atoms with E-state index in [2.05, 4.69) is 20.2 Å².